The summed E-state index contributed by atoms with van der Waals surface area (Å²) in [6.45, 7) is 4.13. The van der Waals surface area contributed by atoms with Gasteiger partial charge < -0.3 is 19.3 Å². The van der Waals surface area contributed by atoms with Crippen LogP contribution < -0.4 is 0 Å². The van der Waals surface area contributed by atoms with Crippen LogP contribution in [0.25, 0.3) is 0 Å². The number of esters is 1. The van der Waals surface area contributed by atoms with Gasteiger partial charge in [0.05, 0.1) is 12.9 Å². The first-order chi connectivity index (χ1) is 23.4. The Morgan fingerprint density at radius 3 is 1.27 bits per heavy atom. The minimum Gasteiger partial charge on any atom is -0.498 e. The molecule has 7 nitrogen and oxygen atoms in total. The molecule has 0 aromatic carbocycles. The van der Waals surface area contributed by atoms with E-state index >= 15 is 0 Å². The van der Waals surface area contributed by atoms with E-state index in [1.807, 2.05) is 6.08 Å². The van der Waals surface area contributed by atoms with Gasteiger partial charge in [-0.3, -0.25) is 9.32 Å². The van der Waals surface area contributed by atoms with Gasteiger partial charge in [0.15, 0.2) is 6.10 Å². The highest BCUT2D eigenvalue weighted by atomic mass is 31.2. The lowest BCUT2D eigenvalue weighted by Gasteiger charge is -2.18. The molecule has 0 aliphatic rings. The average Bonchev–Trinajstić information content (AvgIpc) is 3.06. The van der Waals surface area contributed by atoms with Gasteiger partial charge >= 0.3 is 13.8 Å². The van der Waals surface area contributed by atoms with Crippen molar-refractivity contribution in [2.24, 2.45) is 0 Å². The summed E-state index contributed by atoms with van der Waals surface area (Å²) in [4.78, 5) is 30.5. The molecule has 0 aromatic heterocycles. The maximum absolute atomic E-state index is 12.4. The third-order valence-electron chi connectivity index (χ3n) is 9.16. The van der Waals surface area contributed by atoms with Crippen LogP contribution in [-0.2, 0) is 23.4 Å². The topological polar surface area (TPSA) is 102 Å². The van der Waals surface area contributed by atoms with Crippen molar-refractivity contribution in [3.8, 4) is 0 Å². The van der Waals surface area contributed by atoms with E-state index in [1.165, 1.54) is 167 Å². The molecule has 0 rings (SSSR count). The number of rotatable bonds is 39. The Morgan fingerprint density at radius 1 is 0.542 bits per heavy atom. The number of phosphoric ester groups is 1. The van der Waals surface area contributed by atoms with E-state index in [0.717, 1.165) is 32.1 Å². The Bertz CT molecular complexity index is 739. The van der Waals surface area contributed by atoms with Crippen LogP contribution in [0.15, 0.2) is 12.3 Å². The molecule has 48 heavy (non-hydrogen) atoms. The SMILES string of the molecule is CCCCCCCCCCCCCCCC/C=C\OC[C@H](COP(=O)(O)O)OC(=O)CCCCCCCCCCCCCCCCCC. The van der Waals surface area contributed by atoms with E-state index in [4.69, 9.17) is 19.3 Å². The quantitative estimate of drug-likeness (QED) is 0.0284. The number of hydrogen-bond acceptors (Lipinski definition) is 5. The van der Waals surface area contributed by atoms with Gasteiger partial charge in [0.2, 0.25) is 0 Å². The third kappa shape index (κ3) is 39.6. The lowest BCUT2D eigenvalue weighted by atomic mass is 10.0. The first kappa shape index (κ1) is 47.1. The Hall–Kier alpha value is -0.880. The van der Waals surface area contributed by atoms with E-state index in [9.17, 15) is 9.36 Å². The monoisotopic (exact) mass is 703 g/mol. The van der Waals surface area contributed by atoms with Gasteiger partial charge in [-0.15, -0.1) is 0 Å². The summed E-state index contributed by atoms with van der Waals surface area (Å²) in [6.07, 6.45) is 42.9. The Labute approximate surface area is 297 Å². The molecule has 0 fully saturated rings. The lowest BCUT2D eigenvalue weighted by Crippen LogP contribution is -2.27. The number of hydrogen-bond donors (Lipinski definition) is 2. The molecule has 0 saturated carbocycles. The molecule has 0 aliphatic heterocycles. The summed E-state index contributed by atoms with van der Waals surface area (Å²) in [5, 5.41) is 0. The van der Waals surface area contributed by atoms with Crippen LogP contribution in [0.4, 0.5) is 0 Å². The molecule has 0 saturated heterocycles. The van der Waals surface area contributed by atoms with Gasteiger partial charge in [0.25, 0.3) is 0 Å². The standard InChI is InChI=1S/C40H79O7P/c1-3-5-7-9-11-13-15-17-19-21-23-25-27-29-31-33-35-40(41)47-39(38-46-48(42,43)44)37-45-36-34-32-30-28-26-24-22-20-18-16-14-12-10-8-6-4-2/h34,36,39H,3-33,35,37-38H2,1-2H3,(H2,42,43,44)/b36-34-/t39-/m1/s1. The zero-order valence-electron chi connectivity index (χ0n) is 31.7. The number of ether oxygens (including phenoxy) is 2. The molecule has 8 heteroatoms. The molecule has 0 aliphatic carbocycles. The summed E-state index contributed by atoms with van der Waals surface area (Å²) < 4.78 is 26.7. The molecule has 1 atom stereocenters. The van der Waals surface area contributed by atoms with Crippen molar-refractivity contribution in [2.75, 3.05) is 13.2 Å². The van der Waals surface area contributed by atoms with E-state index in [0.29, 0.717) is 6.42 Å². The van der Waals surface area contributed by atoms with Gasteiger partial charge in [0.1, 0.15) is 6.61 Å². The van der Waals surface area contributed by atoms with Gasteiger partial charge in [-0.25, -0.2) is 4.57 Å². The fourth-order valence-corrected chi connectivity index (χ4v) is 6.47. The van der Waals surface area contributed by atoms with E-state index in [1.54, 1.807) is 6.26 Å². The van der Waals surface area contributed by atoms with Crippen molar-refractivity contribution in [3.63, 3.8) is 0 Å². The summed E-state index contributed by atoms with van der Waals surface area (Å²) >= 11 is 0. The fourth-order valence-electron chi connectivity index (χ4n) is 6.11. The molecular formula is C40H79O7P. The Kier molecular flexibility index (Phi) is 36.7. The summed E-state index contributed by atoms with van der Waals surface area (Å²) in [7, 11) is -4.66. The van der Waals surface area contributed by atoms with E-state index in [-0.39, 0.29) is 12.6 Å². The Morgan fingerprint density at radius 2 is 0.896 bits per heavy atom. The van der Waals surface area contributed by atoms with Gasteiger partial charge in [-0.05, 0) is 25.3 Å². The van der Waals surface area contributed by atoms with Gasteiger partial charge in [0, 0.05) is 6.42 Å². The van der Waals surface area contributed by atoms with Crippen molar-refractivity contribution < 1.29 is 33.1 Å². The van der Waals surface area contributed by atoms with Crippen LogP contribution in [0.5, 0.6) is 0 Å². The van der Waals surface area contributed by atoms with Crippen LogP contribution in [0.1, 0.15) is 219 Å². The predicted molar refractivity (Wildman–Crippen MR) is 202 cm³/mol. The van der Waals surface area contributed by atoms with Gasteiger partial charge in [-0.1, -0.05) is 194 Å². The molecule has 0 spiro atoms. The summed E-state index contributed by atoms with van der Waals surface area (Å²) in [6, 6.07) is 0. The molecule has 0 aromatic rings. The number of carbonyl (C=O) groups is 1. The first-order valence-corrected chi connectivity index (χ1v) is 22.1. The second-order valence-corrected chi connectivity index (χ2v) is 15.3. The Balaban J connectivity index is 3.81. The zero-order valence-corrected chi connectivity index (χ0v) is 32.6. The van der Waals surface area contributed by atoms with Crippen molar-refractivity contribution in [2.45, 2.75) is 225 Å². The minimum atomic E-state index is -4.66. The second kappa shape index (κ2) is 37.4. The molecule has 0 unspecified atom stereocenters. The van der Waals surface area contributed by atoms with Crippen molar-refractivity contribution >= 4 is 13.8 Å². The highest BCUT2D eigenvalue weighted by molar-refractivity contribution is 7.46. The van der Waals surface area contributed by atoms with E-state index < -0.39 is 20.5 Å². The largest absolute Gasteiger partial charge is 0.498 e. The summed E-state index contributed by atoms with van der Waals surface area (Å²) in [5.74, 6) is -0.380. The van der Waals surface area contributed by atoms with E-state index in [2.05, 4.69) is 18.4 Å². The highest BCUT2D eigenvalue weighted by Gasteiger charge is 2.21. The minimum absolute atomic E-state index is 0.0000608. The first-order valence-electron chi connectivity index (χ1n) is 20.5. The normalized spacial score (nSPS) is 12.6. The number of allylic oxidation sites excluding steroid dienone is 1. The second-order valence-electron chi connectivity index (χ2n) is 14.0. The predicted octanol–water partition coefficient (Wildman–Crippen LogP) is 13.1. The van der Waals surface area contributed by atoms with Crippen LogP contribution in [0, 0.1) is 0 Å². The molecule has 0 amide bonds. The highest BCUT2D eigenvalue weighted by Crippen LogP contribution is 2.36. The number of phosphoric acid groups is 1. The van der Waals surface area contributed by atoms with Crippen molar-refractivity contribution in [1.82, 2.24) is 0 Å². The molecule has 0 bridgehead atoms. The number of unbranched alkanes of at least 4 members (excludes halogenated alkanes) is 29. The number of carbonyl (C=O) groups excluding carboxylic acids is 1. The van der Waals surface area contributed by atoms with Crippen molar-refractivity contribution in [1.29, 1.82) is 0 Å². The third-order valence-corrected chi connectivity index (χ3v) is 9.65. The van der Waals surface area contributed by atoms with Crippen molar-refractivity contribution in [3.05, 3.63) is 12.3 Å². The fraction of sp³-hybridized carbons (Fsp3) is 0.925. The molecule has 0 radical (unpaired) electrons. The van der Waals surface area contributed by atoms with Gasteiger partial charge in [-0.2, -0.15) is 0 Å². The summed E-state index contributed by atoms with van der Waals surface area (Å²) in [5.41, 5.74) is 0. The maximum atomic E-state index is 12.4. The lowest BCUT2D eigenvalue weighted by molar-refractivity contribution is -0.153. The molecule has 0 heterocycles. The molecule has 2 N–H and O–H groups in total. The molecular weight excluding hydrogens is 623 g/mol. The average molecular weight is 703 g/mol. The zero-order chi connectivity index (χ0) is 35.2. The van der Waals surface area contributed by atoms with Crippen LogP contribution in [0.3, 0.4) is 0 Å². The molecule has 286 valence electrons. The van der Waals surface area contributed by atoms with Crippen LogP contribution in [-0.4, -0.2) is 35.1 Å². The smallest absolute Gasteiger partial charge is 0.469 e. The maximum Gasteiger partial charge on any atom is 0.469 e. The van der Waals surface area contributed by atoms with Crippen LogP contribution >= 0.6 is 7.82 Å². The van der Waals surface area contributed by atoms with Crippen LogP contribution in [0.2, 0.25) is 0 Å².